The Morgan fingerprint density at radius 2 is 1.89 bits per heavy atom. The molecule has 0 bridgehead atoms. The molecule has 3 aliphatic carbocycles. The van der Waals surface area contributed by atoms with Crippen molar-refractivity contribution in [2.75, 3.05) is 20.1 Å². The molecule has 8 rings (SSSR count). The lowest BCUT2D eigenvalue weighted by molar-refractivity contribution is -0.214. The summed E-state index contributed by atoms with van der Waals surface area (Å²) in [5.41, 5.74) is 1.46. The van der Waals surface area contributed by atoms with Crippen LogP contribution < -0.4 is 5.32 Å². The van der Waals surface area contributed by atoms with Crippen LogP contribution in [0.1, 0.15) is 70.3 Å². The summed E-state index contributed by atoms with van der Waals surface area (Å²) in [5, 5.41) is 3.05. The van der Waals surface area contributed by atoms with E-state index < -0.39 is 24.2 Å². The van der Waals surface area contributed by atoms with Crippen molar-refractivity contribution in [1.29, 1.82) is 0 Å². The van der Waals surface area contributed by atoms with Gasteiger partial charge in [0.2, 0.25) is 0 Å². The van der Waals surface area contributed by atoms with Gasteiger partial charge in [-0.15, -0.1) is 0 Å². The van der Waals surface area contributed by atoms with E-state index in [1.54, 1.807) is 31.1 Å². The van der Waals surface area contributed by atoms with Crippen molar-refractivity contribution in [3.8, 4) is 11.4 Å². The van der Waals surface area contributed by atoms with E-state index in [4.69, 9.17) is 4.74 Å². The molecule has 5 heterocycles. The van der Waals surface area contributed by atoms with Gasteiger partial charge in [0.1, 0.15) is 18.0 Å². The van der Waals surface area contributed by atoms with Crippen LogP contribution in [0.2, 0.25) is 0 Å². The summed E-state index contributed by atoms with van der Waals surface area (Å²) >= 11 is 0. The third-order valence-corrected chi connectivity index (χ3v) is 11.9. The Morgan fingerprint density at radius 3 is 2.67 bits per heavy atom. The van der Waals surface area contributed by atoms with E-state index in [0.29, 0.717) is 35.8 Å². The first-order valence-electron chi connectivity index (χ1n) is 17.1. The number of nitrogens with one attached hydrogen (secondary N) is 1. The van der Waals surface area contributed by atoms with Gasteiger partial charge in [0.25, 0.3) is 5.91 Å². The molecule has 10 unspecified atom stereocenters. The van der Waals surface area contributed by atoms with E-state index >= 15 is 4.39 Å². The molecule has 240 valence electrons. The van der Waals surface area contributed by atoms with E-state index in [2.05, 4.69) is 37.1 Å². The smallest absolute Gasteiger partial charge is 0.256 e. The van der Waals surface area contributed by atoms with Gasteiger partial charge in [-0.1, -0.05) is 25.7 Å². The number of ether oxygens (including phenoxy) is 1. The Morgan fingerprint density at radius 1 is 1.04 bits per heavy atom. The van der Waals surface area contributed by atoms with Crippen molar-refractivity contribution < 1.29 is 18.7 Å². The maximum Gasteiger partial charge on any atom is 0.256 e. The van der Waals surface area contributed by atoms with E-state index in [1.165, 1.54) is 32.1 Å². The highest BCUT2D eigenvalue weighted by Gasteiger charge is 2.60. The minimum Gasteiger partial charge on any atom is -0.368 e. The van der Waals surface area contributed by atoms with Crippen molar-refractivity contribution in [1.82, 2.24) is 34.6 Å². The molecule has 2 aromatic heterocycles. The summed E-state index contributed by atoms with van der Waals surface area (Å²) in [4.78, 5) is 45.4. The number of hydrogen-bond donors (Lipinski definition) is 1. The van der Waals surface area contributed by atoms with Crippen LogP contribution in [0.5, 0.6) is 0 Å². The molecule has 2 saturated heterocycles. The minimum atomic E-state index is -1.37. The lowest BCUT2D eigenvalue weighted by Crippen LogP contribution is -2.70. The number of morpholine rings is 1. The second-order valence-electron chi connectivity index (χ2n) is 14.3. The van der Waals surface area contributed by atoms with Gasteiger partial charge in [-0.25, -0.2) is 9.37 Å². The summed E-state index contributed by atoms with van der Waals surface area (Å²) in [6.45, 7) is 1.60. The van der Waals surface area contributed by atoms with Crippen LogP contribution in [0.4, 0.5) is 4.39 Å². The molecule has 3 aliphatic heterocycles. The Labute approximate surface area is 263 Å². The number of hydrogen-bond acceptors (Lipinski definition) is 8. The highest BCUT2D eigenvalue weighted by Crippen LogP contribution is 2.52. The number of carbonyl (C=O) groups excluding carboxylic acids is 2. The molecule has 0 aromatic carbocycles. The maximum absolute atomic E-state index is 16.6. The second-order valence-corrected chi connectivity index (χ2v) is 14.3. The standard InChI is InChI=1S/C34H44FN7O3/c1-40-12-4-7-22(40)8-9-39-34(44)24-18-41-27-13-20-5-2-3-6-21(20)14-29(27)45-33-30(41)23(32(24)43)15-25(35)31(33)42-19-37-17-28(42)26-16-36-10-11-38-26/h10-11,16-23,25,27,29-31,33H,2-9,12-15H2,1H3,(H,39,44). The van der Waals surface area contributed by atoms with Gasteiger partial charge in [0, 0.05) is 37.1 Å². The number of ketones is 1. The maximum atomic E-state index is 16.6. The Balaban J connectivity index is 1.13. The summed E-state index contributed by atoms with van der Waals surface area (Å²) in [7, 11) is 2.13. The fourth-order valence-electron chi connectivity index (χ4n) is 9.72. The molecule has 0 spiro atoms. The lowest BCUT2D eigenvalue weighted by atomic mass is 9.65. The molecule has 5 fully saturated rings. The number of alkyl halides is 1. The first-order chi connectivity index (χ1) is 22.0. The first-order valence-corrected chi connectivity index (χ1v) is 17.1. The zero-order chi connectivity index (χ0) is 30.7. The van der Waals surface area contributed by atoms with Crippen LogP contribution >= 0.6 is 0 Å². The van der Waals surface area contributed by atoms with E-state index in [9.17, 15) is 9.59 Å². The van der Waals surface area contributed by atoms with Crippen molar-refractivity contribution in [3.63, 3.8) is 0 Å². The number of aromatic nitrogens is 4. The summed E-state index contributed by atoms with van der Waals surface area (Å²) in [5.74, 6) is -0.0176. The number of fused-ring (bicyclic) bond motifs is 3. The number of carbonyl (C=O) groups is 2. The van der Waals surface area contributed by atoms with E-state index in [-0.39, 0.29) is 41.9 Å². The quantitative estimate of drug-likeness (QED) is 0.490. The van der Waals surface area contributed by atoms with Gasteiger partial charge in [-0.05, 0) is 64.0 Å². The molecule has 1 amide bonds. The van der Waals surface area contributed by atoms with Crippen LogP contribution in [0.15, 0.2) is 42.9 Å². The third-order valence-electron chi connectivity index (χ3n) is 11.9. The molecular weight excluding hydrogens is 573 g/mol. The van der Waals surface area contributed by atoms with Crippen molar-refractivity contribution in [2.45, 2.75) is 107 Å². The van der Waals surface area contributed by atoms with Gasteiger partial charge in [-0.2, -0.15) is 0 Å². The normalized spacial score (nSPS) is 37.8. The molecule has 11 heteroatoms. The van der Waals surface area contributed by atoms with Crippen molar-refractivity contribution >= 4 is 11.7 Å². The van der Waals surface area contributed by atoms with Crippen LogP contribution in [-0.2, 0) is 14.3 Å². The topological polar surface area (TPSA) is 105 Å². The molecule has 45 heavy (non-hydrogen) atoms. The molecule has 6 aliphatic rings. The Kier molecular flexibility index (Phi) is 7.72. The Hall–Kier alpha value is -3.18. The van der Waals surface area contributed by atoms with Gasteiger partial charge in [0.05, 0.1) is 54.2 Å². The molecule has 10 atom stereocenters. The first kappa shape index (κ1) is 29.2. The number of halogens is 1. The van der Waals surface area contributed by atoms with Crippen molar-refractivity contribution in [3.05, 3.63) is 42.9 Å². The number of imidazole rings is 1. The number of Topliss-reactive ketones (excluding diaryl/α,β-unsaturated/α-hetero) is 1. The van der Waals surface area contributed by atoms with Crippen LogP contribution in [-0.4, -0.2) is 97.7 Å². The second kappa shape index (κ2) is 11.9. The molecule has 1 N–H and O–H groups in total. The van der Waals surface area contributed by atoms with Crippen LogP contribution in [0.3, 0.4) is 0 Å². The molecule has 0 radical (unpaired) electrons. The summed E-state index contributed by atoms with van der Waals surface area (Å²) in [6.07, 6.45) is 18.1. The monoisotopic (exact) mass is 617 g/mol. The van der Waals surface area contributed by atoms with E-state index in [0.717, 1.165) is 32.2 Å². The van der Waals surface area contributed by atoms with Crippen LogP contribution in [0, 0.1) is 17.8 Å². The summed E-state index contributed by atoms with van der Waals surface area (Å²) in [6, 6.07) is -0.514. The largest absolute Gasteiger partial charge is 0.368 e. The number of likely N-dealkylation sites (tertiary alicyclic amines) is 1. The lowest BCUT2D eigenvalue weighted by Gasteiger charge is -2.61. The van der Waals surface area contributed by atoms with Gasteiger partial charge < -0.3 is 24.4 Å². The van der Waals surface area contributed by atoms with Crippen molar-refractivity contribution in [2.24, 2.45) is 17.8 Å². The predicted octanol–water partition coefficient (Wildman–Crippen LogP) is 3.71. The zero-order valence-electron chi connectivity index (χ0n) is 26.0. The molecule has 3 saturated carbocycles. The van der Waals surface area contributed by atoms with Gasteiger partial charge in [-0.3, -0.25) is 19.6 Å². The van der Waals surface area contributed by atoms with E-state index in [1.807, 2.05) is 10.8 Å². The zero-order valence-corrected chi connectivity index (χ0v) is 26.0. The fourth-order valence-corrected chi connectivity index (χ4v) is 9.72. The van der Waals surface area contributed by atoms with Gasteiger partial charge >= 0.3 is 0 Å². The SMILES string of the molecule is CN1CCCC1CCNC(=O)C1=CN2C3CC4CCCCC4CC3OC3C2C(CC(F)C3n2cncc2-c2cnccn2)C1=O. The Bertz CT molecular complexity index is 1450. The predicted molar refractivity (Wildman–Crippen MR) is 164 cm³/mol. The van der Waals surface area contributed by atoms with Crippen LogP contribution in [0.25, 0.3) is 11.4 Å². The average molecular weight is 618 g/mol. The molecule has 2 aromatic rings. The number of amides is 1. The third kappa shape index (κ3) is 5.10. The van der Waals surface area contributed by atoms with Gasteiger partial charge in [0.15, 0.2) is 5.78 Å². The average Bonchev–Trinajstić information content (AvgIpc) is 3.70. The minimum absolute atomic E-state index is 0.0313. The number of rotatable bonds is 6. The fraction of sp³-hybridized carbons (Fsp3) is 0.676. The highest BCUT2D eigenvalue weighted by molar-refractivity contribution is 6.20. The summed E-state index contributed by atoms with van der Waals surface area (Å²) < 4.78 is 25.5. The highest BCUT2D eigenvalue weighted by atomic mass is 19.1. The molecule has 10 nitrogen and oxygen atoms in total. The molecular formula is C34H44FN7O3. The number of nitrogens with zero attached hydrogens (tertiary/aromatic N) is 6.